The Morgan fingerprint density at radius 3 is 3.00 bits per heavy atom. The van der Waals surface area contributed by atoms with Crippen molar-refractivity contribution < 1.29 is 14.3 Å². The number of rotatable bonds is 6. The van der Waals surface area contributed by atoms with Crippen LogP contribution in [0.2, 0.25) is 0 Å². The first-order valence-corrected chi connectivity index (χ1v) is 7.09. The van der Waals surface area contributed by atoms with Gasteiger partial charge in [0, 0.05) is 24.0 Å². The van der Waals surface area contributed by atoms with Gasteiger partial charge in [0.15, 0.2) is 0 Å². The maximum atomic E-state index is 11.7. The van der Waals surface area contributed by atoms with Gasteiger partial charge in [0.05, 0.1) is 12.8 Å². The number of furan rings is 1. The lowest BCUT2D eigenvalue weighted by atomic mass is 10.2. The van der Waals surface area contributed by atoms with Crippen LogP contribution in [-0.2, 0) is 11.3 Å². The van der Waals surface area contributed by atoms with Gasteiger partial charge in [-0.3, -0.25) is 9.59 Å². The summed E-state index contributed by atoms with van der Waals surface area (Å²) in [7, 11) is 0. The molecule has 1 unspecified atom stereocenters. The Balaban J connectivity index is 1.77. The molecule has 2 aromatic heterocycles. The first-order valence-electron chi connectivity index (χ1n) is 6.21. The maximum absolute atomic E-state index is 11.7. The lowest BCUT2D eigenvalue weighted by molar-refractivity contribution is -0.121. The van der Waals surface area contributed by atoms with E-state index in [1.807, 2.05) is 6.92 Å². The van der Waals surface area contributed by atoms with E-state index in [1.165, 1.54) is 6.26 Å². The standard InChI is InChI=1S/C13H16N2O4S/c1-9-8-20-13(18)15(9)5-4-12(17)14-7-10(16)11-3-2-6-19-11/h2-3,6,8,10,16H,4-5,7H2,1H3,(H,14,17). The van der Waals surface area contributed by atoms with Crippen LogP contribution < -0.4 is 10.2 Å². The summed E-state index contributed by atoms with van der Waals surface area (Å²) in [6, 6.07) is 3.32. The lowest BCUT2D eigenvalue weighted by Gasteiger charge is -2.10. The molecule has 0 bridgehead atoms. The molecule has 0 aliphatic carbocycles. The number of carbonyl (C=O) groups excluding carboxylic acids is 1. The van der Waals surface area contributed by atoms with Gasteiger partial charge in [0.1, 0.15) is 11.9 Å². The number of hydrogen-bond donors (Lipinski definition) is 2. The molecule has 0 saturated heterocycles. The second kappa shape index (κ2) is 6.53. The third-order valence-electron chi connectivity index (χ3n) is 2.90. The number of thiazole rings is 1. The molecule has 2 N–H and O–H groups in total. The van der Waals surface area contributed by atoms with Gasteiger partial charge in [-0.2, -0.15) is 0 Å². The molecular formula is C13H16N2O4S. The van der Waals surface area contributed by atoms with E-state index >= 15 is 0 Å². The van der Waals surface area contributed by atoms with Crippen molar-refractivity contribution in [3.63, 3.8) is 0 Å². The van der Waals surface area contributed by atoms with E-state index in [1.54, 1.807) is 22.1 Å². The van der Waals surface area contributed by atoms with E-state index in [9.17, 15) is 14.7 Å². The smallest absolute Gasteiger partial charge is 0.307 e. The second-order valence-electron chi connectivity index (χ2n) is 4.38. The summed E-state index contributed by atoms with van der Waals surface area (Å²) in [4.78, 5) is 23.1. The zero-order valence-electron chi connectivity index (χ0n) is 11.0. The maximum Gasteiger partial charge on any atom is 0.307 e. The summed E-state index contributed by atoms with van der Waals surface area (Å²) in [5.41, 5.74) is 0.850. The molecule has 2 aromatic rings. The number of carbonyl (C=O) groups is 1. The Bertz CT molecular complexity index is 615. The fraction of sp³-hybridized carbons (Fsp3) is 0.385. The van der Waals surface area contributed by atoms with Crippen LogP contribution in [-0.4, -0.2) is 22.1 Å². The molecule has 2 heterocycles. The van der Waals surface area contributed by atoms with Crippen molar-refractivity contribution in [2.45, 2.75) is 26.0 Å². The van der Waals surface area contributed by atoms with Gasteiger partial charge in [-0.25, -0.2) is 0 Å². The summed E-state index contributed by atoms with van der Waals surface area (Å²) in [6.45, 7) is 2.26. The molecule has 1 atom stereocenters. The number of aromatic nitrogens is 1. The Labute approximate surface area is 119 Å². The third kappa shape index (κ3) is 3.58. The quantitative estimate of drug-likeness (QED) is 0.834. The van der Waals surface area contributed by atoms with Crippen molar-refractivity contribution in [2.24, 2.45) is 0 Å². The van der Waals surface area contributed by atoms with Crippen molar-refractivity contribution in [1.29, 1.82) is 0 Å². The summed E-state index contributed by atoms with van der Waals surface area (Å²) >= 11 is 1.12. The minimum Gasteiger partial charge on any atom is -0.467 e. The van der Waals surface area contributed by atoms with Crippen LogP contribution in [0.4, 0.5) is 0 Å². The van der Waals surface area contributed by atoms with Crippen LogP contribution in [0.3, 0.4) is 0 Å². The van der Waals surface area contributed by atoms with Gasteiger partial charge in [-0.15, -0.1) is 0 Å². The van der Waals surface area contributed by atoms with Crippen LogP contribution in [0.1, 0.15) is 24.0 Å². The highest BCUT2D eigenvalue weighted by molar-refractivity contribution is 7.07. The van der Waals surface area contributed by atoms with Crippen molar-refractivity contribution in [2.75, 3.05) is 6.54 Å². The van der Waals surface area contributed by atoms with Crippen molar-refractivity contribution >= 4 is 17.2 Å². The highest BCUT2D eigenvalue weighted by atomic mass is 32.1. The number of nitrogens with one attached hydrogen (secondary N) is 1. The fourth-order valence-corrected chi connectivity index (χ4v) is 2.53. The fourth-order valence-electron chi connectivity index (χ4n) is 1.77. The Morgan fingerprint density at radius 2 is 2.40 bits per heavy atom. The van der Waals surface area contributed by atoms with Gasteiger partial charge in [0.25, 0.3) is 0 Å². The Kier molecular flexibility index (Phi) is 4.75. The molecular weight excluding hydrogens is 280 g/mol. The minimum absolute atomic E-state index is 0.0640. The zero-order chi connectivity index (χ0) is 14.5. The summed E-state index contributed by atoms with van der Waals surface area (Å²) in [6.07, 6.45) is 0.800. The third-order valence-corrected chi connectivity index (χ3v) is 3.78. The molecule has 0 aliphatic heterocycles. The second-order valence-corrected chi connectivity index (χ2v) is 5.20. The highest BCUT2D eigenvalue weighted by Gasteiger charge is 2.12. The largest absolute Gasteiger partial charge is 0.467 e. The summed E-state index contributed by atoms with van der Waals surface area (Å²) in [5.74, 6) is 0.198. The monoisotopic (exact) mass is 296 g/mol. The number of amides is 1. The molecule has 0 aromatic carbocycles. The van der Waals surface area contributed by atoms with Crippen LogP contribution in [0, 0.1) is 6.92 Å². The van der Waals surface area contributed by atoms with Crippen LogP contribution in [0.25, 0.3) is 0 Å². The number of nitrogens with zero attached hydrogens (tertiary/aromatic N) is 1. The molecule has 0 fully saturated rings. The predicted octanol–water partition coefficient (Wildman–Crippen LogP) is 1.05. The molecule has 0 spiro atoms. The number of aliphatic hydroxyl groups excluding tert-OH is 1. The van der Waals surface area contributed by atoms with Gasteiger partial charge in [-0.1, -0.05) is 11.3 Å². The van der Waals surface area contributed by atoms with E-state index in [0.29, 0.717) is 12.3 Å². The summed E-state index contributed by atoms with van der Waals surface area (Å²) < 4.78 is 6.60. The average molecular weight is 296 g/mol. The SMILES string of the molecule is Cc1csc(=O)n1CCC(=O)NCC(O)c1ccco1. The molecule has 0 aliphatic rings. The first kappa shape index (κ1) is 14.5. The molecule has 7 heteroatoms. The minimum atomic E-state index is -0.862. The van der Waals surface area contributed by atoms with Crippen LogP contribution >= 0.6 is 11.3 Å². The zero-order valence-corrected chi connectivity index (χ0v) is 11.9. The molecule has 0 radical (unpaired) electrons. The molecule has 2 rings (SSSR count). The molecule has 6 nitrogen and oxygen atoms in total. The van der Waals surface area contributed by atoms with E-state index < -0.39 is 6.10 Å². The summed E-state index contributed by atoms with van der Waals surface area (Å²) in [5, 5.41) is 14.1. The number of aryl methyl sites for hydroxylation is 1. The van der Waals surface area contributed by atoms with Crippen molar-refractivity contribution in [3.8, 4) is 0 Å². The molecule has 20 heavy (non-hydrogen) atoms. The van der Waals surface area contributed by atoms with Gasteiger partial charge in [-0.05, 0) is 19.1 Å². The predicted molar refractivity (Wildman–Crippen MR) is 74.6 cm³/mol. The normalized spacial score (nSPS) is 12.3. The van der Waals surface area contributed by atoms with Gasteiger partial charge >= 0.3 is 4.87 Å². The van der Waals surface area contributed by atoms with E-state index in [0.717, 1.165) is 17.0 Å². The van der Waals surface area contributed by atoms with Crippen LogP contribution in [0.5, 0.6) is 0 Å². The highest BCUT2D eigenvalue weighted by Crippen LogP contribution is 2.11. The lowest BCUT2D eigenvalue weighted by Crippen LogP contribution is -2.30. The van der Waals surface area contributed by atoms with Crippen molar-refractivity contribution in [3.05, 3.63) is 44.9 Å². The topological polar surface area (TPSA) is 84.5 Å². The van der Waals surface area contributed by atoms with Gasteiger partial charge in [0.2, 0.25) is 5.91 Å². The van der Waals surface area contributed by atoms with E-state index in [4.69, 9.17) is 4.42 Å². The molecule has 1 amide bonds. The molecule has 108 valence electrons. The Hall–Kier alpha value is -1.86. The van der Waals surface area contributed by atoms with Crippen molar-refractivity contribution in [1.82, 2.24) is 9.88 Å². The number of hydrogen-bond acceptors (Lipinski definition) is 5. The molecule has 0 saturated carbocycles. The Morgan fingerprint density at radius 1 is 1.60 bits per heavy atom. The van der Waals surface area contributed by atoms with E-state index in [-0.39, 0.29) is 23.7 Å². The van der Waals surface area contributed by atoms with E-state index in [2.05, 4.69) is 5.32 Å². The first-order chi connectivity index (χ1) is 9.58. The van der Waals surface area contributed by atoms with Gasteiger partial charge < -0.3 is 19.4 Å². The average Bonchev–Trinajstić information content (AvgIpc) is 3.05. The van der Waals surface area contributed by atoms with Crippen LogP contribution in [0.15, 0.2) is 33.0 Å². The number of aliphatic hydroxyl groups is 1.